The molecular weight excluding hydrogens is 508 g/mol. The van der Waals surface area contributed by atoms with E-state index in [0.717, 1.165) is 12.8 Å². The SMILES string of the molecule is CCCCCC(=O)O[C@H]1[C@H]2C(=C(O)c3c(O)cccc3[C@@H]2C)C(=O)[C@]2(O)C(O)=C(C(N)=O)C(=O)[C@@H](N(C)C)[C@H]12. The highest BCUT2D eigenvalue weighted by molar-refractivity contribution is 6.24. The Morgan fingerprint density at radius 3 is 2.38 bits per heavy atom. The fourth-order valence-corrected chi connectivity index (χ4v) is 6.42. The molecule has 3 aliphatic carbocycles. The lowest BCUT2D eigenvalue weighted by Crippen LogP contribution is -2.71. The normalized spacial score (nSPS) is 30.2. The molecule has 0 bridgehead atoms. The second-order valence-electron chi connectivity index (χ2n) is 10.7. The Labute approximate surface area is 225 Å². The van der Waals surface area contributed by atoms with E-state index < -0.39 is 76.0 Å². The highest BCUT2D eigenvalue weighted by Gasteiger charge is 2.69. The van der Waals surface area contributed by atoms with Crippen LogP contribution in [0.3, 0.4) is 0 Å². The minimum absolute atomic E-state index is 0.0296. The van der Waals surface area contributed by atoms with Crippen molar-refractivity contribution in [1.82, 2.24) is 4.90 Å². The Hall–Kier alpha value is -3.70. The first-order chi connectivity index (χ1) is 18.3. The van der Waals surface area contributed by atoms with Crippen LogP contribution < -0.4 is 5.73 Å². The summed E-state index contributed by atoms with van der Waals surface area (Å²) in [6.07, 6.45) is 0.766. The number of nitrogens with zero attached hydrogens (tertiary/aromatic N) is 1. The molecule has 6 atom stereocenters. The number of hydrogen-bond acceptors (Lipinski definition) is 10. The highest BCUT2D eigenvalue weighted by atomic mass is 16.5. The van der Waals surface area contributed by atoms with Crippen molar-refractivity contribution in [2.75, 3.05) is 14.1 Å². The summed E-state index contributed by atoms with van der Waals surface area (Å²) in [7, 11) is 2.96. The first kappa shape index (κ1) is 28.3. The molecule has 0 radical (unpaired) electrons. The van der Waals surface area contributed by atoms with Crippen molar-refractivity contribution < 1.29 is 44.3 Å². The van der Waals surface area contributed by atoms with Gasteiger partial charge in [-0.3, -0.25) is 24.1 Å². The average Bonchev–Trinajstić information content (AvgIpc) is 2.85. The molecule has 0 unspecified atom stereocenters. The largest absolute Gasteiger partial charge is 0.508 e. The standard InChI is InChI=1S/C28H34N2O9/c1-5-6-7-11-15(32)39-24-16-12(2)13-9-8-10-14(31)17(13)22(33)18(16)25(35)28(38)20(24)21(30(3)4)23(34)19(26(28)36)27(29)37/h8-10,12,16,20-21,24,31,33,36,38H,5-7,11H2,1-4H3,(H2,29,37)/t12-,16+,20+,21-,24-,28-/m0/s1. The van der Waals surface area contributed by atoms with Crippen molar-refractivity contribution in [3.8, 4) is 5.75 Å². The van der Waals surface area contributed by atoms with Gasteiger partial charge in [0.25, 0.3) is 5.91 Å². The lowest BCUT2D eigenvalue weighted by Gasteiger charge is -2.54. The fourth-order valence-electron chi connectivity index (χ4n) is 6.42. The summed E-state index contributed by atoms with van der Waals surface area (Å²) in [6.45, 7) is 3.68. The number of esters is 1. The molecule has 1 fully saturated rings. The van der Waals surface area contributed by atoms with E-state index in [1.165, 1.54) is 25.1 Å². The molecule has 3 aliphatic rings. The predicted octanol–water partition coefficient (Wildman–Crippen LogP) is 1.63. The number of rotatable bonds is 7. The monoisotopic (exact) mass is 542 g/mol. The number of hydrogen-bond donors (Lipinski definition) is 5. The third-order valence-corrected chi connectivity index (χ3v) is 8.22. The van der Waals surface area contributed by atoms with Gasteiger partial charge in [-0.15, -0.1) is 0 Å². The van der Waals surface area contributed by atoms with Gasteiger partial charge in [0.05, 0.1) is 17.5 Å². The Balaban J connectivity index is 2.03. The fraction of sp³-hybridized carbons (Fsp3) is 0.500. The number of nitrogens with two attached hydrogens (primary N) is 1. The summed E-state index contributed by atoms with van der Waals surface area (Å²) in [4.78, 5) is 54.3. The number of unbranched alkanes of at least 4 members (excludes halogenated alkanes) is 2. The smallest absolute Gasteiger partial charge is 0.306 e. The van der Waals surface area contributed by atoms with Gasteiger partial charge in [-0.25, -0.2) is 0 Å². The first-order valence-electron chi connectivity index (χ1n) is 13.0. The number of ketones is 2. The number of likely N-dealkylation sites (N-methyl/N-ethyl adjacent to an activating group) is 1. The van der Waals surface area contributed by atoms with Crippen LogP contribution in [0.4, 0.5) is 0 Å². The molecule has 0 saturated heterocycles. The van der Waals surface area contributed by atoms with E-state index in [1.54, 1.807) is 19.1 Å². The van der Waals surface area contributed by atoms with Gasteiger partial charge in [-0.05, 0) is 38.1 Å². The molecule has 4 rings (SSSR count). The maximum atomic E-state index is 14.1. The van der Waals surface area contributed by atoms with Gasteiger partial charge in [0.1, 0.15) is 28.9 Å². The Kier molecular flexibility index (Phi) is 7.35. The number of carbonyl (C=O) groups excluding carboxylic acids is 4. The van der Waals surface area contributed by atoms with Crippen LogP contribution in [-0.2, 0) is 23.9 Å². The molecule has 1 saturated carbocycles. The number of phenolic OH excluding ortho intramolecular Hbond substituents is 1. The van der Waals surface area contributed by atoms with Crippen molar-refractivity contribution >= 4 is 29.2 Å². The van der Waals surface area contributed by atoms with Crippen molar-refractivity contribution in [2.24, 2.45) is 17.6 Å². The zero-order valence-corrected chi connectivity index (χ0v) is 22.3. The Morgan fingerprint density at radius 1 is 1.13 bits per heavy atom. The Morgan fingerprint density at radius 2 is 1.79 bits per heavy atom. The highest BCUT2D eigenvalue weighted by Crippen LogP contribution is 2.56. The number of Topliss-reactive ketones (excluding diaryl/α,β-unsaturated/α-hetero) is 2. The van der Waals surface area contributed by atoms with Gasteiger partial charge < -0.3 is 30.9 Å². The summed E-state index contributed by atoms with van der Waals surface area (Å²) in [5.41, 5.74) is 1.55. The number of amides is 1. The number of aliphatic hydroxyl groups excluding tert-OH is 2. The molecule has 11 nitrogen and oxygen atoms in total. The quantitative estimate of drug-likeness (QED) is 0.192. The van der Waals surface area contributed by atoms with Crippen LogP contribution >= 0.6 is 0 Å². The van der Waals surface area contributed by atoms with E-state index in [-0.39, 0.29) is 23.3 Å². The second-order valence-corrected chi connectivity index (χ2v) is 10.7. The second kappa shape index (κ2) is 10.1. The van der Waals surface area contributed by atoms with Gasteiger partial charge in [-0.2, -0.15) is 0 Å². The van der Waals surface area contributed by atoms with Crippen LogP contribution in [0.25, 0.3) is 5.76 Å². The molecular formula is C28H34N2O9. The number of fused-ring (bicyclic) bond motifs is 3. The minimum Gasteiger partial charge on any atom is -0.508 e. The topological polar surface area (TPSA) is 188 Å². The molecule has 39 heavy (non-hydrogen) atoms. The van der Waals surface area contributed by atoms with Gasteiger partial charge in [-0.1, -0.05) is 38.8 Å². The average molecular weight is 543 g/mol. The van der Waals surface area contributed by atoms with Crippen molar-refractivity contribution in [3.05, 3.63) is 46.2 Å². The van der Waals surface area contributed by atoms with Crippen molar-refractivity contribution in [1.29, 1.82) is 0 Å². The van der Waals surface area contributed by atoms with Gasteiger partial charge >= 0.3 is 5.97 Å². The molecule has 0 aliphatic heterocycles. The molecule has 1 aromatic carbocycles. The number of carbonyl (C=O) groups is 4. The zero-order chi connectivity index (χ0) is 29.0. The van der Waals surface area contributed by atoms with Crippen LogP contribution in [0, 0.1) is 11.8 Å². The number of aromatic hydroxyl groups is 1. The van der Waals surface area contributed by atoms with E-state index in [9.17, 15) is 39.6 Å². The predicted molar refractivity (Wildman–Crippen MR) is 138 cm³/mol. The summed E-state index contributed by atoms with van der Waals surface area (Å²) >= 11 is 0. The maximum absolute atomic E-state index is 14.1. The number of ether oxygens (including phenoxy) is 1. The van der Waals surface area contributed by atoms with E-state index >= 15 is 0 Å². The molecule has 0 aromatic heterocycles. The van der Waals surface area contributed by atoms with Crippen LogP contribution in [0.1, 0.15) is 56.6 Å². The maximum Gasteiger partial charge on any atom is 0.306 e. The summed E-state index contributed by atoms with van der Waals surface area (Å²) in [5, 5.41) is 45.0. The first-order valence-corrected chi connectivity index (χ1v) is 13.0. The summed E-state index contributed by atoms with van der Waals surface area (Å²) in [6, 6.07) is 3.14. The van der Waals surface area contributed by atoms with Gasteiger partial charge in [0.2, 0.25) is 5.78 Å². The molecule has 6 N–H and O–H groups in total. The van der Waals surface area contributed by atoms with E-state index in [2.05, 4.69) is 0 Å². The lowest BCUT2D eigenvalue weighted by atomic mass is 9.54. The zero-order valence-electron chi connectivity index (χ0n) is 22.3. The van der Waals surface area contributed by atoms with Crippen LogP contribution in [-0.4, -0.2) is 80.6 Å². The summed E-state index contributed by atoms with van der Waals surface area (Å²) in [5.74, 6) is -9.57. The molecule has 0 spiro atoms. The number of aliphatic hydroxyl groups is 3. The molecule has 0 heterocycles. The molecule has 1 aromatic rings. The van der Waals surface area contributed by atoms with E-state index in [1.807, 2.05) is 6.92 Å². The van der Waals surface area contributed by atoms with E-state index in [0.29, 0.717) is 12.0 Å². The lowest BCUT2D eigenvalue weighted by molar-refractivity contribution is -0.185. The number of phenols is 1. The summed E-state index contributed by atoms with van der Waals surface area (Å²) < 4.78 is 5.94. The van der Waals surface area contributed by atoms with E-state index in [4.69, 9.17) is 10.5 Å². The third kappa shape index (κ3) is 4.11. The third-order valence-electron chi connectivity index (χ3n) is 8.22. The van der Waals surface area contributed by atoms with Crippen molar-refractivity contribution in [3.63, 3.8) is 0 Å². The van der Waals surface area contributed by atoms with Crippen LogP contribution in [0.5, 0.6) is 5.75 Å². The van der Waals surface area contributed by atoms with Crippen LogP contribution in [0.15, 0.2) is 35.1 Å². The number of primary amides is 1. The number of benzene rings is 1. The van der Waals surface area contributed by atoms with Crippen LogP contribution in [0.2, 0.25) is 0 Å². The Bertz CT molecular complexity index is 1310. The molecule has 11 heteroatoms. The van der Waals surface area contributed by atoms with Crippen molar-refractivity contribution in [2.45, 2.75) is 63.2 Å². The van der Waals surface area contributed by atoms with Gasteiger partial charge in [0.15, 0.2) is 11.4 Å². The molecule has 1 amide bonds. The molecule has 210 valence electrons. The van der Waals surface area contributed by atoms with Gasteiger partial charge in [0, 0.05) is 17.9 Å². The minimum atomic E-state index is -2.94.